The van der Waals surface area contributed by atoms with Crippen LogP contribution in [-0.4, -0.2) is 40.0 Å². The molecule has 0 saturated heterocycles. The first kappa shape index (κ1) is 10.4. The molecule has 0 amide bonds. The molecule has 0 radical (unpaired) electrons. The number of hydrogen-bond donors (Lipinski definition) is 1. The Morgan fingerprint density at radius 1 is 1.53 bits per heavy atom. The van der Waals surface area contributed by atoms with Crippen molar-refractivity contribution in [2.24, 2.45) is 0 Å². The number of aromatic nitrogens is 1. The van der Waals surface area contributed by atoms with E-state index in [0.717, 1.165) is 24.5 Å². The molecule has 0 saturated carbocycles. The summed E-state index contributed by atoms with van der Waals surface area (Å²) in [5.41, 5.74) is 3.50. The van der Waals surface area contributed by atoms with Gasteiger partial charge in [-0.15, -0.1) is 0 Å². The number of hydrogen-bond acceptors (Lipinski definition) is 2. The van der Waals surface area contributed by atoms with E-state index < -0.39 is 5.97 Å². The third-order valence-electron chi connectivity index (χ3n) is 3.30. The molecule has 0 spiro atoms. The van der Waals surface area contributed by atoms with Gasteiger partial charge in [0.1, 0.15) is 0 Å². The quantitative estimate of drug-likeness (QED) is 0.779. The Kier molecular flexibility index (Phi) is 2.39. The van der Waals surface area contributed by atoms with Crippen LogP contribution in [0.2, 0.25) is 0 Å². The van der Waals surface area contributed by atoms with Gasteiger partial charge in [-0.3, -0.25) is 0 Å². The van der Waals surface area contributed by atoms with E-state index in [1.54, 1.807) is 0 Å². The monoisotopic (exact) mass is 228 g/mol. The molecule has 1 N–H and O–H groups in total. The predicted octanol–water partition coefficient (Wildman–Crippen LogP) is 0.815. The standard InChI is InChI=1S/C12H13BN2O2/c16-11(17)4-3-9-10-2-1-6-14(10)8-15-7-5-13-12(9)15/h1-2,5-6H,3-4,7-8H2,(H,16,17). The topological polar surface area (TPSA) is 45.5 Å². The number of fused-ring (bicyclic) bond motifs is 2. The number of rotatable bonds is 3. The summed E-state index contributed by atoms with van der Waals surface area (Å²) >= 11 is 0. The molecule has 1 aromatic rings. The molecule has 1 aromatic heterocycles. The van der Waals surface area contributed by atoms with Crippen LogP contribution in [0.1, 0.15) is 18.5 Å². The van der Waals surface area contributed by atoms with Crippen molar-refractivity contribution in [3.63, 3.8) is 0 Å². The van der Waals surface area contributed by atoms with E-state index >= 15 is 0 Å². The van der Waals surface area contributed by atoms with Crippen LogP contribution < -0.4 is 0 Å². The van der Waals surface area contributed by atoms with Gasteiger partial charge in [0, 0.05) is 0 Å². The minimum absolute atomic E-state index is 0.186. The van der Waals surface area contributed by atoms with E-state index in [0.29, 0.717) is 6.42 Å². The molecule has 3 heterocycles. The molecule has 3 rings (SSSR count). The average molecular weight is 228 g/mol. The van der Waals surface area contributed by atoms with Crippen LogP contribution in [0.4, 0.5) is 0 Å². The summed E-state index contributed by atoms with van der Waals surface area (Å²) in [5.74, 6) is 1.39. The Bertz CT molecular complexity index is 530. The predicted molar refractivity (Wildman–Crippen MR) is 66.7 cm³/mol. The van der Waals surface area contributed by atoms with E-state index in [4.69, 9.17) is 5.11 Å². The normalized spacial score (nSPS) is 16.8. The maximum absolute atomic E-state index is 10.7. The molecule has 4 nitrogen and oxygen atoms in total. The molecule has 86 valence electrons. The molecule has 17 heavy (non-hydrogen) atoms. The van der Waals surface area contributed by atoms with Gasteiger partial charge in [0.2, 0.25) is 0 Å². The number of carboxylic acids is 1. The van der Waals surface area contributed by atoms with Gasteiger partial charge < -0.3 is 0 Å². The summed E-state index contributed by atoms with van der Waals surface area (Å²) in [7, 11) is 0. The zero-order valence-corrected chi connectivity index (χ0v) is 9.47. The maximum atomic E-state index is 10.7. The van der Waals surface area contributed by atoms with Crippen molar-refractivity contribution in [1.82, 2.24) is 9.47 Å². The van der Waals surface area contributed by atoms with Crippen molar-refractivity contribution in [3.8, 4) is 0 Å². The fourth-order valence-corrected chi connectivity index (χ4v) is 2.54. The average Bonchev–Trinajstić information content (AvgIpc) is 2.90. The summed E-state index contributed by atoms with van der Waals surface area (Å²) in [6.45, 7) is 3.89. The van der Waals surface area contributed by atoms with Crippen molar-refractivity contribution in [1.29, 1.82) is 0 Å². The molecule has 0 bridgehead atoms. The Morgan fingerprint density at radius 2 is 2.41 bits per heavy atom. The second kappa shape index (κ2) is 3.91. The molecular weight excluding hydrogens is 215 g/mol. The Hall–Kier alpha value is -1.78. The molecule has 0 fully saturated rings. The van der Waals surface area contributed by atoms with Crippen LogP contribution in [0.3, 0.4) is 0 Å². The van der Waals surface area contributed by atoms with E-state index in [1.807, 2.05) is 12.3 Å². The summed E-state index contributed by atoms with van der Waals surface area (Å²) in [6, 6.07) is 4.08. The van der Waals surface area contributed by atoms with Crippen LogP contribution in [0.25, 0.3) is 5.57 Å². The van der Waals surface area contributed by atoms with Gasteiger partial charge in [0.25, 0.3) is 0 Å². The van der Waals surface area contributed by atoms with Crippen molar-refractivity contribution < 1.29 is 9.90 Å². The Morgan fingerprint density at radius 3 is 3.24 bits per heavy atom. The van der Waals surface area contributed by atoms with Crippen molar-refractivity contribution >= 4 is 24.4 Å². The Labute approximate surface area is 100 Å². The van der Waals surface area contributed by atoms with Gasteiger partial charge >= 0.3 is 99.5 Å². The summed E-state index contributed by atoms with van der Waals surface area (Å²) in [4.78, 5) is 13.0. The first-order chi connectivity index (χ1) is 8.25. The SMILES string of the molecule is O=C(O)CCC1=C2B=CCN2Cn2cccc21. The van der Waals surface area contributed by atoms with Crippen LogP contribution in [0.15, 0.2) is 23.9 Å². The van der Waals surface area contributed by atoms with Gasteiger partial charge in [-0.05, 0) is 0 Å². The number of allylic oxidation sites excluding steroid dienone is 1. The van der Waals surface area contributed by atoms with E-state index in [1.165, 1.54) is 5.60 Å². The molecule has 0 unspecified atom stereocenters. The van der Waals surface area contributed by atoms with E-state index in [-0.39, 0.29) is 6.42 Å². The van der Waals surface area contributed by atoms with Crippen molar-refractivity contribution in [3.05, 3.63) is 29.6 Å². The molecule has 0 atom stereocenters. The van der Waals surface area contributed by atoms with E-state index in [9.17, 15) is 4.79 Å². The molecule has 2 aliphatic rings. The third-order valence-corrected chi connectivity index (χ3v) is 3.30. The van der Waals surface area contributed by atoms with Gasteiger partial charge in [-0.2, -0.15) is 0 Å². The molecule has 5 heteroatoms. The number of nitrogens with zero attached hydrogens (tertiary/aromatic N) is 2. The Balaban J connectivity index is 1.99. The summed E-state index contributed by atoms with van der Waals surface area (Å²) < 4.78 is 2.17. The molecular formula is C12H13BN2O2. The summed E-state index contributed by atoms with van der Waals surface area (Å²) in [6.07, 6.45) is 2.83. The van der Waals surface area contributed by atoms with Crippen LogP contribution in [0.5, 0.6) is 0 Å². The number of carboxylic acid groups (broad SMARTS) is 1. The fraction of sp³-hybridized carbons (Fsp3) is 0.333. The molecule has 0 aromatic carbocycles. The first-order valence-corrected chi connectivity index (χ1v) is 5.77. The van der Waals surface area contributed by atoms with Crippen LogP contribution >= 0.6 is 0 Å². The first-order valence-electron chi connectivity index (χ1n) is 5.77. The van der Waals surface area contributed by atoms with Gasteiger partial charge in [-0.25, -0.2) is 0 Å². The number of carbonyl (C=O) groups is 1. The second-order valence-electron chi connectivity index (χ2n) is 4.39. The molecule has 0 aliphatic carbocycles. The van der Waals surface area contributed by atoms with Crippen molar-refractivity contribution in [2.75, 3.05) is 6.54 Å². The molecule has 2 aliphatic heterocycles. The summed E-state index contributed by atoms with van der Waals surface area (Å²) in [5, 5.41) is 8.82. The fourth-order valence-electron chi connectivity index (χ4n) is 2.54. The second-order valence-corrected chi connectivity index (χ2v) is 4.39. The van der Waals surface area contributed by atoms with Crippen LogP contribution in [-0.2, 0) is 11.5 Å². The minimum atomic E-state index is -0.740. The van der Waals surface area contributed by atoms with Gasteiger partial charge in [0.15, 0.2) is 0 Å². The zero-order valence-electron chi connectivity index (χ0n) is 9.47. The van der Waals surface area contributed by atoms with Gasteiger partial charge in [-0.1, -0.05) is 0 Å². The van der Waals surface area contributed by atoms with Crippen LogP contribution in [0, 0.1) is 0 Å². The third kappa shape index (κ3) is 1.71. The van der Waals surface area contributed by atoms with Gasteiger partial charge in [0.05, 0.1) is 0 Å². The van der Waals surface area contributed by atoms with Crippen molar-refractivity contribution in [2.45, 2.75) is 19.5 Å². The number of aliphatic carboxylic acids is 1. The zero-order chi connectivity index (χ0) is 11.8. The van der Waals surface area contributed by atoms with E-state index in [2.05, 4.69) is 28.4 Å².